The second-order valence-corrected chi connectivity index (χ2v) is 9.35. The van der Waals surface area contributed by atoms with E-state index < -0.39 is 35.7 Å². The fourth-order valence-electron chi connectivity index (χ4n) is 4.25. The first-order valence-electron chi connectivity index (χ1n) is 10.8. The van der Waals surface area contributed by atoms with E-state index in [-0.39, 0.29) is 27.2 Å². The molecular weight excluding hydrogens is 478 g/mol. The van der Waals surface area contributed by atoms with Crippen molar-refractivity contribution >= 4 is 39.7 Å². The summed E-state index contributed by atoms with van der Waals surface area (Å²) in [6.07, 6.45) is -1.13. The predicted molar refractivity (Wildman–Crippen MR) is 131 cm³/mol. The number of nitrogens with two attached hydrogens (primary N) is 2. The molecule has 184 valence electrons. The molecule has 7 N–H and O–H groups in total. The first-order valence-corrected chi connectivity index (χ1v) is 11.6. The topological polar surface area (TPSA) is 147 Å². The lowest BCUT2D eigenvalue weighted by molar-refractivity contribution is 0.102. The summed E-state index contributed by atoms with van der Waals surface area (Å²) in [6.45, 7) is 2.76. The zero-order valence-corrected chi connectivity index (χ0v) is 19.5. The first-order chi connectivity index (χ1) is 16.7. The molecule has 0 radical (unpaired) electrons. The molecule has 3 aromatic rings. The van der Waals surface area contributed by atoms with Crippen LogP contribution in [0.5, 0.6) is 0 Å². The highest BCUT2D eigenvalue weighted by atomic mass is 32.1. The van der Waals surface area contributed by atoms with Gasteiger partial charge in [0.15, 0.2) is 5.69 Å². The Kier molecular flexibility index (Phi) is 6.85. The first kappa shape index (κ1) is 24.4. The van der Waals surface area contributed by atoms with E-state index in [1.807, 2.05) is 17.9 Å². The molecule has 1 fully saturated rings. The third kappa shape index (κ3) is 5.03. The standard InChI is InChI=1S/C23H24F2N6O3S/c1-11-9-31(10-14(26)18(11)30-23(33)34)16-8-3-2-7-15(16)28-21(32)19-20(27)35-22(29-19)17-12(24)5-4-6-13(17)25/h2-8,11,14,18,30H,9-10,26-27H2,1H3,(H,28,32)(H,33,34)/t11-,14+,18-/m0/s1. The minimum absolute atomic E-state index is 0.0221. The summed E-state index contributed by atoms with van der Waals surface area (Å²) in [5.41, 5.74) is 12.9. The quantitative estimate of drug-likeness (QED) is 0.360. The van der Waals surface area contributed by atoms with Crippen LogP contribution in [0.1, 0.15) is 17.4 Å². The van der Waals surface area contributed by atoms with Gasteiger partial charge in [0.25, 0.3) is 5.91 Å². The van der Waals surface area contributed by atoms with E-state index in [0.717, 1.165) is 23.5 Å². The summed E-state index contributed by atoms with van der Waals surface area (Å²) in [7, 11) is 0. The van der Waals surface area contributed by atoms with Crippen molar-refractivity contribution in [2.45, 2.75) is 19.0 Å². The Morgan fingerprint density at radius 2 is 1.83 bits per heavy atom. The van der Waals surface area contributed by atoms with Gasteiger partial charge >= 0.3 is 6.09 Å². The highest BCUT2D eigenvalue weighted by Crippen LogP contribution is 2.35. The molecule has 35 heavy (non-hydrogen) atoms. The molecule has 1 aromatic heterocycles. The maximum Gasteiger partial charge on any atom is 0.404 e. The van der Waals surface area contributed by atoms with Crippen LogP contribution in [-0.4, -0.2) is 47.3 Å². The number of halogens is 2. The van der Waals surface area contributed by atoms with Crippen molar-refractivity contribution in [2.75, 3.05) is 29.0 Å². The number of piperidine rings is 1. The van der Waals surface area contributed by atoms with Crippen LogP contribution >= 0.6 is 11.3 Å². The van der Waals surface area contributed by atoms with Gasteiger partial charge in [0.1, 0.15) is 21.6 Å². The van der Waals surface area contributed by atoms with Crippen LogP contribution in [0.25, 0.3) is 10.6 Å². The smallest absolute Gasteiger partial charge is 0.404 e. The molecule has 12 heteroatoms. The Morgan fingerprint density at radius 3 is 2.49 bits per heavy atom. The Bertz CT molecular complexity index is 1240. The summed E-state index contributed by atoms with van der Waals surface area (Å²) >= 11 is 0.817. The van der Waals surface area contributed by atoms with Gasteiger partial charge < -0.3 is 32.1 Å². The van der Waals surface area contributed by atoms with Gasteiger partial charge in [0, 0.05) is 19.1 Å². The number of benzene rings is 2. The van der Waals surface area contributed by atoms with E-state index in [1.54, 1.807) is 18.2 Å². The minimum atomic E-state index is -1.13. The summed E-state index contributed by atoms with van der Waals surface area (Å²) in [4.78, 5) is 30.2. The number of aromatic nitrogens is 1. The van der Waals surface area contributed by atoms with Gasteiger partial charge in [-0.2, -0.15) is 0 Å². The molecule has 0 unspecified atom stereocenters. The van der Waals surface area contributed by atoms with E-state index in [4.69, 9.17) is 16.6 Å². The number of carbonyl (C=O) groups excluding carboxylic acids is 1. The monoisotopic (exact) mass is 502 g/mol. The number of carbonyl (C=O) groups is 2. The van der Waals surface area contributed by atoms with E-state index in [1.165, 1.54) is 6.07 Å². The highest BCUT2D eigenvalue weighted by molar-refractivity contribution is 7.19. The maximum atomic E-state index is 14.2. The normalized spacial score (nSPS) is 19.9. The Hall–Kier alpha value is -3.77. The van der Waals surface area contributed by atoms with E-state index in [2.05, 4.69) is 15.6 Å². The lowest BCUT2D eigenvalue weighted by Gasteiger charge is -2.42. The zero-order chi connectivity index (χ0) is 25.3. The van der Waals surface area contributed by atoms with Gasteiger partial charge in [-0.1, -0.05) is 36.5 Å². The second kappa shape index (κ2) is 9.84. The van der Waals surface area contributed by atoms with Gasteiger partial charge in [-0.3, -0.25) is 4.79 Å². The van der Waals surface area contributed by atoms with Crippen LogP contribution in [0, 0.1) is 17.6 Å². The number of hydrogen-bond acceptors (Lipinski definition) is 7. The molecule has 1 saturated heterocycles. The molecule has 1 aliphatic heterocycles. The van der Waals surface area contributed by atoms with Crippen LogP contribution in [0.2, 0.25) is 0 Å². The molecule has 2 heterocycles. The number of hydrogen-bond donors (Lipinski definition) is 5. The number of nitrogens with zero attached hydrogens (tertiary/aromatic N) is 2. The minimum Gasteiger partial charge on any atom is -0.465 e. The predicted octanol–water partition coefficient (Wildman–Crippen LogP) is 3.34. The van der Waals surface area contributed by atoms with Crippen molar-refractivity contribution in [1.82, 2.24) is 10.3 Å². The summed E-state index contributed by atoms with van der Waals surface area (Å²) in [5.74, 6) is -2.33. The summed E-state index contributed by atoms with van der Waals surface area (Å²) in [5, 5.41) is 14.3. The summed E-state index contributed by atoms with van der Waals surface area (Å²) < 4.78 is 28.4. The highest BCUT2D eigenvalue weighted by Gasteiger charge is 2.34. The largest absolute Gasteiger partial charge is 0.465 e. The Balaban J connectivity index is 1.57. The van der Waals surface area contributed by atoms with E-state index in [9.17, 15) is 18.4 Å². The van der Waals surface area contributed by atoms with Crippen LogP contribution in [0.4, 0.5) is 30.0 Å². The fraction of sp³-hybridized carbons (Fsp3) is 0.261. The molecule has 2 aromatic carbocycles. The number of nitrogen functional groups attached to an aromatic ring is 1. The van der Waals surface area contributed by atoms with Crippen molar-refractivity contribution < 1.29 is 23.5 Å². The third-order valence-corrected chi connectivity index (χ3v) is 6.74. The van der Waals surface area contributed by atoms with Gasteiger partial charge in [-0.05, 0) is 30.2 Å². The average molecular weight is 503 g/mol. The lowest BCUT2D eigenvalue weighted by atomic mass is 9.89. The second-order valence-electron chi connectivity index (χ2n) is 8.32. The lowest BCUT2D eigenvalue weighted by Crippen LogP contribution is -2.61. The number of carboxylic acid groups (broad SMARTS) is 1. The molecule has 0 spiro atoms. The van der Waals surface area contributed by atoms with E-state index >= 15 is 0 Å². The van der Waals surface area contributed by atoms with Crippen LogP contribution in [0.3, 0.4) is 0 Å². The van der Waals surface area contributed by atoms with Gasteiger partial charge in [-0.25, -0.2) is 18.6 Å². The average Bonchev–Trinajstić information content (AvgIpc) is 3.17. The SMILES string of the molecule is C[C@H]1CN(c2ccccc2NC(=O)c2nc(-c3c(F)cccc3F)sc2N)C[C@@H](N)[C@H]1NC(=O)O. The van der Waals surface area contributed by atoms with Crippen LogP contribution in [0.15, 0.2) is 42.5 Å². The molecule has 4 rings (SSSR count). The molecule has 0 aliphatic carbocycles. The molecule has 0 bridgehead atoms. The summed E-state index contributed by atoms with van der Waals surface area (Å²) in [6, 6.07) is 9.63. The van der Waals surface area contributed by atoms with E-state index in [0.29, 0.717) is 24.5 Å². The van der Waals surface area contributed by atoms with Gasteiger partial charge in [0.05, 0.1) is 23.0 Å². The number of thiazole rings is 1. The number of anilines is 3. The Labute approximate surface area is 203 Å². The fourth-order valence-corrected chi connectivity index (χ4v) is 5.13. The van der Waals surface area contributed by atoms with Crippen molar-refractivity contribution in [3.63, 3.8) is 0 Å². The zero-order valence-electron chi connectivity index (χ0n) is 18.7. The molecule has 2 amide bonds. The van der Waals surface area contributed by atoms with Crippen molar-refractivity contribution in [2.24, 2.45) is 11.7 Å². The number of nitrogens with one attached hydrogen (secondary N) is 2. The molecule has 0 saturated carbocycles. The van der Waals surface area contributed by atoms with Crippen LogP contribution in [-0.2, 0) is 0 Å². The molecule has 9 nitrogen and oxygen atoms in total. The number of amides is 2. The van der Waals surface area contributed by atoms with Crippen LogP contribution < -0.4 is 27.0 Å². The van der Waals surface area contributed by atoms with Crippen molar-refractivity contribution in [1.29, 1.82) is 0 Å². The molecular formula is C23H24F2N6O3S. The number of para-hydroxylation sites is 2. The van der Waals surface area contributed by atoms with Gasteiger partial charge in [0.2, 0.25) is 0 Å². The Morgan fingerprint density at radius 1 is 1.14 bits per heavy atom. The maximum absolute atomic E-state index is 14.2. The van der Waals surface area contributed by atoms with Crippen molar-refractivity contribution in [3.8, 4) is 10.6 Å². The number of rotatable bonds is 5. The molecule has 3 atom stereocenters. The van der Waals surface area contributed by atoms with Gasteiger partial charge in [-0.15, -0.1) is 0 Å². The van der Waals surface area contributed by atoms with Crippen molar-refractivity contribution in [3.05, 3.63) is 59.8 Å². The molecule has 1 aliphatic rings. The third-order valence-electron chi connectivity index (χ3n) is 5.84.